The highest BCUT2D eigenvalue weighted by molar-refractivity contribution is 5.82. The van der Waals surface area contributed by atoms with Crippen LogP contribution in [-0.4, -0.2) is 44.8 Å². The molecule has 0 spiro atoms. The van der Waals surface area contributed by atoms with Crippen LogP contribution in [0.4, 0.5) is 5.82 Å². The van der Waals surface area contributed by atoms with Crippen molar-refractivity contribution in [3.05, 3.63) is 42.2 Å². The van der Waals surface area contributed by atoms with Crippen molar-refractivity contribution in [2.24, 2.45) is 5.92 Å². The van der Waals surface area contributed by atoms with Gasteiger partial charge in [-0.3, -0.25) is 0 Å². The number of aromatic nitrogens is 4. The summed E-state index contributed by atoms with van der Waals surface area (Å²) in [6.45, 7) is 4.48. The van der Waals surface area contributed by atoms with Crippen LogP contribution in [0.1, 0.15) is 25.8 Å². The van der Waals surface area contributed by atoms with Crippen LogP contribution < -0.4 is 14.8 Å². The summed E-state index contributed by atoms with van der Waals surface area (Å²) < 4.78 is 11.0. The molecule has 148 valence electrons. The lowest BCUT2D eigenvalue weighted by atomic mass is 10.0. The van der Waals surface area contributed by atoms with E-state index in [2.05, 4.69) is 39.1 Å². The Hall–Kier alpha value is -3.00. The number of fused-ring (bicyclic) bond motifs is 1. The van der Waals surface area contributed by atoms with E-state index in [0.717, 1.165) is 17.7 Å². The summed E-state index contributed by atoms with van der Waals surface area (Å²) in [6, 6.07) is 7.65. The van der Waals surface area contributed by atoms with Gasteiger partial charge in [0.05, 0.1) is 19.8 Å². The second kappa shape index (κ2) is 9.27. The summed E-state index contributed by atoms with van der Waals surface area (Å²) in [5, 5.41) is 13.0. The maximum atomic E-state index is 9.69. The lowest BCUT2D eigenvalue weighted by Gasteiger charge is -2.19. The Kier molecular flexibility index (Phi) is 6.54. The Balaban J connectivity index is 1.84. The van der Waals surface area contributed by atoms with Gasteiger partial charge in [0.25, 0.3) is 0 Å². The summed E-state index contributed by atoms with van der Waals surface area (Å²) in [5.74, 6) is 1.68. The fourth-order valence-corrected chi connectivity index (χ4v) is 2.86. The van der Waals surface area contributed by atoms with Crippen LogP contribution in [0.15, 0.2) is 36.7 Å². The number of nitrogens with one attached hydrogen (secondary N) is 1. The Bertz CT molecular complexity index is 919. The third-order valence-corrected chi connectivity index (χ3v) is 4.13. The molecule has 0 aliphatic rings. The van der Waals surface area contributed by atoms with Gasteiger partial charge in [-0.2, -0.15) is 9.97 Å². The SMILES string of the molecule is COc1cccc(COc2nc(N[C@@H](CO)CC(C)C)c3nccnc3n2)c1. The summed E-state index contributed by atoms with van der Waals surface area (Å²) in [4.78, 5) is 17.4. The molecule has 0 saturated carbocycles. The van der Waals surface area contributed by atoms with Gasteiger partial charge in [-0.25, -0.2) is 9.97 Å². The van der Waals surface area contributed by atoms with Gasteiger partial charge < -0.3 is 19.9 Å². The molecule has 8 nitrogen and oxygen atoms in total. The van der Waals surface area contributed by atoms with Crippen LogP contribution in [-0.2, 0) is 6.61 Å². The number of nitrogens with zero attached hydrogens (tertiary/aromatic N) is 4. The van der Waals surface area contributed by atoms with Gasteiger partial charge in [-0.15, -0.1) is 0 Å². The molecule has 1 atom stereocenters. The topological polar surface area (TPSA) is 102 Å². The van der Waals surface area contributed by atoms with Crippen LogP contribution in [0.2, 0.25) is 0 Å². The van der Waals surface area contributed by atoms with E-state index in [-0.39, 0.29) is 25.3 Å². The highest BCUT2D eigenvalue weighted by atomic mass is 16.5. The zero-order chi connectivity index (χ0) is 19.9. The predicted octanol–water partition coefficient (Wildman–Crippen LogP) is 2.83. The van der Waals surface area contributed by atoms with Gasteiger partial charge in [0.2, 0.25) is 0 Å². The molecule has 28 heavy (non-hydrogen) atoms. The van der Waals surface area contributed by atoms with Crippen LogP contribution in [0.25, 0.3) is 11.2 Å². The van der Waals surface area contributed by atoms with E-state index in [1.807, 2.05) is 24.3 Å². The normalized spacial score (nSPS) is 12.2. The molecule has 0 bridgehead atoms. The summed E-state index contributed by atoms with van der Waals surface area (Å²) in [6.07, 6.45) is 3.95. The fraction of sp³-hybridized carbons (Fsp3) is 0.400. The van der Waals surface area contributed by atoms with E-state index in [4.69, 9.17) is 9.47 Å². The average molecular weight is 383 g/mol. The van der Waals surface area contributed by atoms with Gasteiger partial charge >= 0.3 is 6.01 Å². The van der Waals surface area contributed by atoms with Crippen molar-refractivity contribution in [2.75, 3.05) is 19.0 Å². The molecule has 0 radical (unpaired) electrons. The average Bonchev–Trinajstić information content (AvgIpc) is 2.71. The minimum absolute atomic E-state index is 0.00998. The van der Waals surface area contributed by atoms with Crippen molar-refractivity contribution < 1.29 is 14.6 Å². The molecule has 0 unspecified atom stereocenters. The second-order valence-corrected chi connectivity index (χ2v) is 6.88. The molecule has 0 fully saturated rings. The summed E-state index contributed by atoms with van der Waals surface area (Å²) in [5.41, 5.74) is 1.91. The first-order chi connectivity index (χ1) is 13.6. The van der Waals surface area contributed by atoms with E-state index >= 15 is 0 Å². The van der Waals surface area contributed by atoms with Crippen LogP contribution in [0, 0.1) is 5.92 Å². The molecular weight excluding hydrogens is 358 g/mol. The first-order valence-electron chi connectivity index (χ1n) is 9.21. The number of hydrogen-bond donors (Lipinski definition) is 2. The molecular formula is C20H25N5O3. The van der Waals surface area contributed by atoms with Crippen LogP contribution in [0.5, 0.6) is 11.8 Å². The number of rotatable bonds is 9. The number of ether oxygens (including phenoxy) is 2. The minimum atomic E-state index is -0.147. The van der Waals surface area contributed by atoms with Crippen LogP contribution in [0.3, 0.4) is 0 Å². The molecule has 0 aliphatic carbocycles. The fourth-order valence-electron chi connectivity index (χ4n) is 2.86. The maximum Gasteiger partial charge on any atom is 0.320 e. The number of aliphatic hydroxyl groups excluding tert-OH is 1. The molecule has 2 N–H and O–H groups in total. The Morgan fingerprint density at radius 1 is 1.14 bits per heavy atom. The van der Waals surface area contributed by atoms with Gasteiger partial charge in [0.15, 0.2) is 17.0 Å². The van der Waals surface area contributed by atoms with Crippen molar-refractivity contribution in [3.8, 4) is 11.8 Å². The monoisotopic (exact) mass is 383 g/mol. The minimum Gasteiger partial charge on any atom is -0.497 e. The number of hydrogen-bond acceptors (Lipinski definition) is 8. The van der Waals surface area contributed by atoms with E-state index in [1.54, 1.807) is 19.5 Å². The smallest absolute Gasteiger partial charge is 0.320 e. The highest BCUT2D eigenvalue weighted by Crippen LogP contribution is 2.22. The molecule has 3 aromatic rings. The molecule has 8 heteroatoms. The quantitative estimate of drug-likeness (QED) is 0.581. The van der Waals surface area contributed by atoms with E-state index in [1.165, 1.54) is 0 Å². The molecule has 0 aliphatic heterocycles. The van der Waals surface area contributed by atoms with Gasteiger partial charge in [-0.1, -0.05) is 26.0 Å². The summed E-state index contributed by atoms with van der Waals surface area (Å²) in [7, 11) is 1.62. The highest BCUT2D eigenvalue weighted by Gasteiger charge is 2.16. The molecule has 2 heterocycles. The largest absolute Gasteiger partial charge is 0.497 e. The van der Waals surface area contributed by atoms with Gasteiger partial charge in [0.1, 0.15) is 12.4 Å². The second-order valence-electron chi connectivity index (χ2n) is 6.88. The van der Waals surface area contributed by atoms with Crippen LogP contribution >= 0.6 is 0 Å². The number of methoxy groups -OCH3 is 1. The molecule has 2 aromatic heterocycles. The number of anilines is 1. The van der Waals surface area contributed by atoms with E-state index < -0.39 is 0 Å². The third kappa shape index (κ3) is 5.04. The zero-order valence-corrected chi connectivity index (χ0v) is 16.3. The lowest BCUT2D eigenvalue weighted by Crippen LogP contribution is -2.26. The molecule has 0 saturated heterocycles. The Morgan fingerprint density at radius 2 is 1.96 bits per heavy atom. The van der Waals surface area contributed by atoms with Crippen molar-refractivity contribution in [3.63, 3.8) is 0 Å². The third-order valence-electron chi connectivity index (χ3n) is 4.13. The molecule has 0 amide bonds. The van der Waals surface area contributed by atoms with Crippen molar-refractivity contribution in [1.29, 1.82) is 0 Å². The molecule has 3 rings (SSSR count). The zero-order valence-electron chi connectivity index (χ0n) is 16.3. The van der Waals surface area contributed by atoms with Gasteiger partial charge in [0, 0.05) is 12.4 Å². The van der Waals surface area contributed by atoms with Crippen molar-refractivity contribution in [2.45, 2.75) is 32.9 Å². The Labute approximate surface area is 164 Å². The summed E-state index contributed by atoms with van der Waals surface area (Å²) >= 11 is 0. The predicted molar refractivity (Wildman–Crippen MR) is 106 cm³/mol. The number of aliphatic hydroxyl groups is 1. The maximum absolute atomic E-state index is 9.69. The molecule has 1 aromatic carbocycles. The van der Waals surface area contributed by atoms with E-state index in [9.17, 15) is 5.11 Å². The number of benzene rings is 1. The van der Waals surface area contributed by atoms with Crippen molar-refractivity contribution in [1.82, 2.24) is 19.9 Å². The van der Waals surface area contributed by atoms with E-state index in [0.29, 0.717) is 22.9 Å². The standard InChI is InChI=1S/C20H25N5O3/c1-13(2)9-15(11-26)23-19-17-18(22-8-7-21-17)24-20(25-19)28-12-14-5-4-6-16(10-14)27-3/h4-8,10,13,15,26H,9,11-12H2,1-3H3,(H,22,23,24,25)/t15-/m1/s1. The first-order valence-corrected chi connectivity index (χ1v) is 9.21. The van der Waals surface area contributed by atoms with Gasteiger partial charge in [-0.05, 0) is 30.0 Å². The first kappa shape index (κ1) is 19.8. The lowest BCUT2D eigenvalue weighted by molar-refractivity contribution is 0.258. The van der Waals surface area contributed by atoms with Crippen molar-refractivity contribution >= 4 is 17.0 Å². The Morgan fingerprint density at radius 3 is 2.71 bits per heavy atom.